The molecule has 1 rings (SSSR count). The largest absolute Gasteiger partial charge is 0.363 e. The zero-order valence-corrected chi connectivity index (χ0v) is 10.3. The van der Waals surface area contributed by atoms with Crippen LogP contribution in [0.25, 0.3) is 0 Å². The molecule has 0 saturated carbocycles. The highest BCUT2D eigenvalue weighted by Gasteiger charge is 2.40. The van der Waals surface area contributed by atoms with Crippen molar-refractivity contribution >= 4 is 17.4 Å². The minimum absolute atomic E-state index is 0.0668. The van der Waals surface area contributed by atoms with E-state index in [1.54, 1.807) is 0 Å². The fraction of sp³-hybridized carbons (Fsp3) is 0.600. The van der Waals surface area contributed by atoms with Crippen molar-refractivity contribution in [3.05, 3.63) is 17.0 Å². The van der Waals surface area contributed by atoms with Gasteiger partial charge in [-0.1, -0.05) is 24.9 Å². The molecule has 0 aliphatic heterocycles. The molecule has 18 heavy (non-hydrogen) atoms. The molecular weight excluding hydrogens is 274 g/mol. The summed E-state index contributed by atoms with van der Waals surface area (Å²) in [5, 5.41) is 2.33. The van der Waals surface area contributed by atoms with Gasteiger partial charge in [0.05, 0.1) is 6.54 Å². The number of alkyl halides is 4. The summed E-state index contributed by atoms with van der Waals surface area (Å²) in [6, 6.07) is 0. The van der Waals surface area contributed by atoms with Crippen LogP contribution in [-0.2, 0) is 6.42 Å². The number of anilines is 1. The van der Waals surface area contributed by atoms with Crippen LogP contribution in [-0.4, -0.2) is 28.9 Å². The lowest BCUT2D eigenvalue weighted by molar-refractivity contribution is -0.117. The van der Waals surface area contributed by atoms with Gasteiger partial charge < -0.3 is 5.32 Å². The predicted molar refractivity (Wildman–Crippen MR) is 60.5 cm³/mol. The third-order valence-electron chi connectivity index (χ3n) is 2.20. The van der Waals surface area contributed by atoms with Gasteiger partial charge in [-0.2, -0.15) is 8.78 Å². The molecule has 0 atom stereocenters. The Kier molecular flexibility index (Phi) is 5.13. The first-order valence-corrected chi connectivity index (χ1v) is 5.65. The summed E-state index contributed by atoms with van der Waals surface area (Å²) in [6.07, 6.45) is -1.46. The normalized spacial score (nSPS) is 11.9. The van der Waals surface area contributed by atoms with Gasteiger partial charge in [-0.05, 0) is 6.42 Å². The molecule has 1 N–H and O–H groups in total. The number of hydrogen-bond acceptors (Lipinski definition) is 3. The summed E-state index contributed by atoms with van der Waals surface area (Å²) in [7, 11) is 0. The van der Waals surface area contributed by atoms with Crippen LogP contribution in [0, 0.1) is 0 Å². The van der Waals surface area contributed by atoms with E-state index < -0.39 is 18.9 Å². The standard InChI is InChI=1S/C10H12ClF4N3/c1-2-3-6-7(11)17-5-18-8(6)16-4-10(14,15)9(12)13/h5,9H,2-4H2,1H3,(H,16,17,18). The maximum Gasteiger partial charge on any atom is 0.324 e. The van der Waals surface area contributed by atoms with E-state index in [1.807, 2.05) is 6.92 Å². The number of nitrogens with one attached hydrogen (secondary N) is 1. The number of halogens is 5. The summed E-state index contributed by atoms with van der Waals surface area (Å²) >= 11 is 5.79. The minimum Gasteiger partial charge on any atom is -0.363 e. The Bertz CT molecular complexity index is 401. The van der Waals surface area contributed by atoms with Gasteiger partial charge in [0.1, 0.15) is 17.3 Å². The molecule has 1 aromatic heterocycles. The van der Waals surface area contributed by atoms with Crippen molar-refractivity contribution in [1.82, 2.24) is 9.97 Å². The van der Waals surface area contributed by atoms with E-state index in [-0.39, 0.29) is 11.0 Å². The number of rotatable bonds is 6. The van der Waals surface area contributed by atoms with E-state index in [4.69, 9.17) is 11.6 Å². The maximum absolute atomic E-state index is 12.8. The smallest absolute Gasteiger partial charge is 0.324 e. The Morgan fingerprint density at radius 1 is 1.39 bits per heavy atom. The summed E-state index contributed by atoms with van der Waals surface area (Å²) in [5.41, 5.74) is 0.451. The Hall–Kier alpha value is -1.11. The van der Waals surface area contributed by atoms with Crippen molar-refractivity contribution in [2.24, 2.45) is 0 Å². The Morgan fingerprint density at radius 2 is 2.06 bits per heavy atom. The van der Waals surface area contributed by atoms with Crippen LogP contribution < -0.4 is 5.32 Å². The third kappa shape index (κ3) is 3.69. The topological polar surface area (TPSA) is 37.8 Å². The summed E-state index contributed by atoms with van der Waals surface area (Å²) in [5.74, 6) is -4.04. The van der Waals surface area contributed by atoms with Gasteiger partial charge in [0.2, 0.25) is 0 Å². The third-order valence-corrected chi connectivity index (χ3v) is 2.53. The number of nitrogens with zero attached hydrogens (tertiary/aromatic N) is 2. The van der Waals surface area contributed by atoms with E-state index >= 15 is 0 Å². The Morgan fingerprint density at radius 3 is 2.61 bits per heavy atom. The molecular formula is C10H12ClF4N3. The van der Waals surface area contributed by atoms with Crippen molar-refractivity contribution in [3.63, 3.8) is 0 Å². The van der Waals surface area contributed by atoms with Gasteiger partial charge in [0.25, 0.3) is 0 Å². The second-order valence-corrected chi connectivity index (χ2v) is 4.01. The molecule has 1 aromatic rings. The molecule has 102 valence electrons. The van der Waals surface area contributed by atoms with E-state index in [9.17, 15) is 17.6 Å². The van der Waals surface area contributed by atoms with Crippen molar-refractivity contribution in [3.8, 4) is 0 Å². The van der Waals surface area contributed by atoms with E-state index in [1.165, 1.54) is 0 Å². The monoisotopic (exact) mass is 285 g/mol. The van der Waals surface area contributed by atoms with Crippen LogP contribution in [0.2, 0.25) is 5.15 Å². The van der Waals surface area contributed by atoms with Gasteiger partial charge >= 0.3 is 12.3 Å². The predicted octanol–water partition coefficient (Wildman–Crippen LogP) is 3.39. The number of aromatic nitrogens is 2. The summed E-state index contributed by atoms with van der Waals surface area (Å²) in [6.45, 7) is 0.662. The lowest BCUT2D eigenvalue weighted by Gasteiger charge is -2.17. The molecule has 1 heterocycles. The molecule has 0 amide bonds. The Balaban J connectivity index is 2.82. The zero-order valence-electron chi connectivity index (χ0n) is 9.56. The summed E-state index contributed by atoms with van der Waals surface area (Å²) in [4.78, 5) is 7.45. The minimum atomic E-state index is -4.11. The molecule has 0 aromatic carbocycles. The molecule has 0 radical (unpaired) electrons. The molecule has 0 aliphatic carbocycles. The highest BCUT2D eigenvalue weighted by atomic mass is 35.5. The molecule has 0 fully saturated rings. The van der Waals surface area contributed by atoms with Crippen LogP contribution in [0.1, 0.15) is 18.9 Å². The highest BCUT2D eigenvalue weighted by molar-refractivity contribution is 6.30. The lowest BCUT2D eigenvalue weighted by Crippen LogP contribution is -2.35. The molecule has 8 heteroatoms. The van der Waals surface area contributed by atoms with Crippen LogP contribution in [0.5, 0.6) is 0 Å². The molecule has 0 bridgehead atoms. The van der Waals surface area contributed by atoms with Crippen molar-refractivity contribution in [2.45, 2.75) is 32.1 Å². The van der Waals surface area contributed by atoms with Crippen LogP contribution in [0.4, 0.5) is 23.4 Å². The van der Waals surface area contributed by atoms with Gasteiger partial charge in [0.15, 0.2) is 0 Å². The van der Waals surface area contributed by atoms with Gasteiger partial charge in [-0.3, -0.25) is 0 Å². The van der Waals surface area contributed by atoms with Crippen molar-refractivity contribution < 1.29 is 17.6 Å². The van der Waals surface area contributed by atoms with Crippen molar-refractivity contribution in [2.75, 3.05) is 11.9 Å². The SMILES string of the molecule is CCCc1c(Cl)ncnc1NCC(F)(F)C(F)F. The second-order valence-electron chi connectivity index (χ2n) is 3.66. The van der Waals surface area contributed by atoms with E-state index in [2.05, 4.69) is 15.3 Å². The van der Waals surface area contributed by atoms with E-state index in [0.717, 1.165) is 6.33 Å². The van der Waals surface area contributed by atoms with Gasteiger partial charge in [0, 0.05) is 5.56 Å². The summed E-state index contributed by atoms with van der Waals surface area (Å²) < 4.78 is 49.5. The highest BCUT2D eigenvalue weighted by Crippen LogP contribution is 2.26. The molecule has 3 nitrogen and oxygen atoms in total. The lowest BCUT2D eigenvalue weighted by atomic mass is 10.2. The van der Waals surface area contributed by atoms with Crippen molar-refractivity contribution in [1.29, 1.82) is 0 Å². The number of hydrogen-bond donors (Lipinski definition) is 1. The van der Waals surface area contributed by atoms with Crippen LogP contribution >= 0.6 is 11.6 Å². The molecule has 0 unspecified atom stereocenters. The quantitative estimate of drug-likeness (QED) is 0.643. The first kappa shape index (κ1) is 14.9. The average molecular weight is 286 g/mol. The fourth-order valence-corrected chi connectivity index (χ4v) is 1.52. The first-order valence-electron chi connectivity index (χ1n) is 5.27. The van der Waals surface area contributed by atoms with Crippen LogP contribution in [0.3, 0.4) is 0 Å². The van der Waals surface area contributed by atoms with Crippen LogP contribution in [0.15, 0.2) is 6.33 Å². The second kappa shape index (κ2) is 6.17. The van der Waals surface area contributed by atoms with E-state index in [0.29, 0.717) is 18.4 Å². The average Bonchev–Trinajstić information content (AvgIpc) is 2.30. The molecule has 0 spiro atoms. The van der Waals surface area contributed by atoms with Gasteiger partial charge in [-0.15, -0.1) is 0 Å². The first-order chi connectivity index (χ1) is 8.38. The maximum atomic E-state index is 12.8. The fourth-order valence-electron chi connectivity index (χ4n) is 1.29. The van der Waals surface area contributed by atoms with Gasteiger partial charge in [-0.25, -0.2) is 18.7 Å². The molecule has 0 saturated heterocycles. The Labute approximate surface area is 107 Å². The zero-order chi connectivity index (χ0) is 13.8. The molecule has 0 aliphatic rings.